The summed E-state index contributed by atoms with van der Waals surface area (Å²) in [5.74, 6) is 0.450. The van der Waals surface area contributed by atoms with Crippen molar-refractivity contribution in [2.45, 2.75) is 13.5 Å². The van der Waals surface area contributed by atoms with Crippen molar-refractivity contribution in [2.24, 2.45) is 0 Å². The van der Waals surface area contributed by atoms with Gasteiger partial charge in [-0.3, -0.25) is 10.1 Å². The molecule has 0 unspecified atom stereocenters. The van der Waals surface area contributed by atoms with E-state index in [2.05, 4.69) is 10.3 Å². The molecule has 0 atom stereocenters. The molecule has 29 heavy (non-hydrogen) atoms. The van der Waals surface area contributed by atoms with Gasteiger partial charge in [0.05, 0.1) is 5.69 Å². The fourth-order valence-corrected chi connectivity index (χ4v) is 3.57. The van der Waals surface area contributed by atoms with Crippen molar-refractivity contribution < 1.29 is 18.3 Å². The lowest BCUT2D eigenvalue weighted by atomic mass is 10.1. The monoisotopic (exact) mass is 408 g/mol. The minimum atomic E-state index is -0.383. The van der Waals surface area contributed by atoms with Crippen LogP contribution < -0.4 is 10.1 Å². The summed E-state index contributed by atoms with van der Waals surface area (Å²) in [5.41, 5.74) is 1.85. The molecule has 1 amide bonds. The molecule has 0 aliphatic heterocycles. The van der Waals surface area contributed by atoms with Crippen LogP contribution in [-0.2, 0) is 6.61 Å². The van der Waals surface area contributed by atoms with E-state index in [0.717, 1.165) is 16.1 Å². The van der Waals surface area contributed by atoms with E-state index in [0.29, 0.717) is 16.6 Å². The SMILES string of the molecule is Cc1sc(NC(=O)c2ccc(COc3ccc(F)cc3)o2)nc1-c1ccccc1. The van der Waals surface area contributed by atoms with Crippen LogP contribution in [0.15, 0.2) is 71.1 Å². The molecule has 0 spiro atoms. The average Bonchev–Trinajstić information content (AvgIpc) is 3.35. The van der Waals surface area contributed by atoms with Crippen molar-refractivity contribution in [3.63, 3.8) is 0 Å². The number of ether oxygens (including phenoxy) is 1. The number of rotatable bonds is 6. The van der Waals surface area contributed by atoms with Crippen LogP contribution in [0.5, 0.6) is 5.75 Å². The summed E-state index contributed by atoms with van der Waals surface area (Å²) in [6.45, 7) is 2.10. The molecule has 1 N–H and O–H groups in total. The maximum atomic E-state index is 12.9. The number of furan rings is 1. The Balaban J connectivity index is 1.40. The molecule has 0 aliphatic carbocycles. The summed E-state index contributed by atoms with van der Waals surface area (Å²) in [6, 6.07) is 18.7. The van der Waals surface area contributed by atoms with Gasteiger partial charge in [0.2, 0.25) is 0 Å². The third-order valence-electron chi connectivity index (χ3n) is 4.14. The average molecular weight is 408 g/mol. The van der Waals surface area contributed by atoms with Crippen molar-refractivity contribution in [3.8, 4) is 17.0 Å². The Bertz CT molecular complexity index is 1120. The molecule has 2 aromatic carbocycles. The molecular weight excluding hydrogens is 391 g/mol. The van der Waals surface area contributed by atoms with Crippen LogP contribution in [0.1, 0.15) is 21.2 Å². The van der Waals surface area contributed by atoms with Crippen molar-refractivity contribution in [3.05, 3.63) is 88.9 Å². The van der Waals surface area contributed by atoms with E-state index in [1.807, 2.05) is 37.3 Å². The second-order valence-corrected chi connectivity index (χ2v) is 7.46. The Morgan fingerprint density at radius 1 is 1.10 bits per heavy atom. The van der Waals surface area contributed by atoms with Gasteiger partial charge in [-0.25, -0.2) is 9.37 Å². The number of hydrogen-bond acceptors (Lipinski definition) is 5. The molecule has 2 aromatic heterocycles. The molecule has 5 nitrogen and oxygen atoms in total. The Kier molecular flexibility index (Phi) is 5.39. The molecule has 0 aliphatic rings. The summed E-state index contributed by atoms with van der Waals surface area (Å²) in [5, 5.41) is 3.28. The number of carbonyl (C=O) groups is 1. The minimum absolute atomic E-state index is 0.132. The van der Waals surface area contributed by atoms with E-state index in [1.54, 1.807) is 12.1 Å². The van der Waals surface area contributed by atoms with Gasteiger partial charge in [-0.2, -0.15) is 0 Å². The van der Waals surface area contributed by atoms with E-state index >= 15 is 0 Å². The van der Waals surface area contributed by atoms with Gasteiger partial charge in [-0.15, -0.1) is 11.3 Å². The van der Waals surface area contributed by atoms with Crippen LogP contribution in [0, 0.1) is 12.7 Å². The fourth-order valence-electron chi connectivity index (χ4n) is 2.74. The molecule has 0 saturated carbocycles. The first-order valence-electron chi connectivity index (χ1n) is 8.90. The molecule has 0 bridgehead atoms. The maximum Gasteiger partial charge on any atom is 0.293 e. The highest BCUT2D eigenvalue weighted by Crippen LogP contribution is 2.30. The third kappa shape index (κ3) is 4.52. The second kappa shape index (κ2) is 8.28. The quantitative estimate of drug-likeness (QED) is 0.446. The summed E-state index contributed by atoms with van der Waals surface area (Å²) in [6.07, 6.45) is 0. The van der Waals surface area contributed by atoms with Gasteiger partial charge < -0.3 is 9.15 Å². The molecule has 2 heterocycles. The summed E-state index contributed by atoms with van der Waals surface area (Å²) >= 11 is 1.41. The first-order valence-corrected chi connectivity index (χ1v) is 9.71. The van der Waals surface area contributed by atoms with Gasteiger partial charge in [0.1, 0.15) is 23.9 Å². The highest BCUT2D eigenvalue weighted by molar-refractivity contribution is 7.16. The number of benzene rings is 2. The van der Waals surface area contributed by atoms with Crippen LogP contribution in [0.4, 0.5) is 9.52 Å². The Labute approximate surface area is 170 Å². The van der Waals surface area contributed by atoms with Crippen LogP contribution in [-0.4, -0.2) is 10.9 Å². The Hall–Kier alpha value is -3.45. The van der Waals surface area contributed by atoms with Gasteiger partial charge in [-0.05, 0) is 43.3 Å². The van der Waals surface area contributed by atoms with Gasteiger partial charge in [0.15, 0.2) is 10.9 Å². The standard InChI is InChI=1S/C22H17FN2O3S/c1-14-20(15-5-3-2-4-6-15)24-22(29-14)25-21(26)19-12-11-18(28-19)13-27-17-9-7-16(23)8-10-17/h2-12H,13H2,1H3,(H,24,25,26). The van der Waals surface area contributed by atoms with Crippen LogP contribution in [0.25, 0.3) is 11.3 Å². The van der Waals surface area contributed by atoms with Crippen LogP contribution >= 0.6 is 11.3 Å². The zero-order chi connectivity index (χ0) is 20.2. The van der Waals surface area contributed by atoms with Gasteiger partial charge in [0.25, 0.3) is 5.91 Å². The highest BCUT2D eigenvalue weighted by atomic mass is 32.1. The predicted molar refractivity (Wildman–Crippen MR) is 110 cm³/mol. The normalized spacial score (nSPS) is 10.7. The molecular formula is C22H17FN2O3S. The second-order valence-electron chi connectivity index (χ2n) is 6.25. The number of nitrogens with one attached hydrogen (secondary N) is 1. The van der Waals surface area contributed by atoms with E-state index in [-0.39, 0.29) is 24.1 Å². The molecule has 0 fully saturated rings. The van der Waals surface area contributed by atoms with Crippen molar-refractivity contribution in [1.29, 1.82) is 0 Å². The molecule has 0 radical (unpaired) electrons. The van der Waals surface area contributed by atoms with Crippen molar-refractivity contribution in [2.75, 3.05) is 5.32 Å². The number of nitrogens with zero attached hydrogens (tertiary/aromatic N) is 1. The number of amides is 1. The van der Waals surface area contributed by atoms with Crippen molar-refractivity contribution >= 4 is 22.4 Å². The lowest BCUT2D eigenvalue weighted by molar-refractivity contribution is 0.0992. The number of carbonyl (C=O) groups excluding carboxylic acids is 1. The third-order valence-corrected chi connectivity index (χ3v) is 5.03. The zero-order valence-electron chi connectivity index (χ0n) is 15.5. The molecule has 4 rings (SSSR count). The maximum absolute atomic E-state index is 12.9. The van der Waals surface area contributed by atoms with Gasteiger partial charge >= 0.3 is 0 Å². The van der Waals surface area contributed by atoms with E-state index in [1.165, 1.54) is 35.6 Å². The smallest absolute Gasteiger partial charge is 0.293 e. The predicted octanol–water partition coefficient (Wildman–Crippen LogP) is 5.68. The zero-order valence-corrected chi connectivity index (χ0v) is 16.3. The first kappa shape index (κ1) is 18.9. The van der Waals surface area contributed by atoms with Crippen molar-refractivity contribution in [1.82, 2.24) is 4.98 Å². The number of anilines is 1. The number of halogens is 1. The molecule has 0 saturated heterocycles. The summed E-state index contributed by atoms with van der Waals surface area (Å²) < 4.78 is 24.0. The number of aromatic nitrogens is 1. The van der Waals surface area contributed by atoms with E-state index in [9.17, 15) is 9.18 Å². The molecule has 7 heteroatoms. The Morgan fingerprint density at radius 3 is 2.62 bits per heavy atom. The van der Waals surface area contributed by atoms with Gasteiger partial charge in [0, 0.05) is 10.4 Å². The minimum Gasteiger partial charge on any atom is -0.486 e. The lowest BCUT2D eigenvalue weighted by Gasteiger charge is -2.03. The largest absolute Gasteiger partial charge is 0.486 e. The number of aryl methyl sites for hydroxylation is 1. The number of thiazole rings is 1. The van der Waals surface area contributed by atoms with Gasteiger partial charge in [-0.1, -0.05) is 30.3 Å². The van der Waals surface area contributed by atoms with E-state index in [4.69, 9.17) is 9.15 Å². The summed E-state index contributed by atoms with van der Waals surface area (Å²) in [4.78, 5) is 18.0. The topological polar surface area (TPSA) is 64.4 Å². The first-order chi connectivity index (χ1) is 14.1. The Morgan fingerprint density at radius 2 is 1.86 bits per heavy atom. The number of hydrogen-bond donors (Lipinski definition) is 1. The van der Waals surface area contributed by atoms with E-state index < -0.39 is 0 Å². The highest BCUT2D eigenvalue weighted by Gasteiger charge is 2.16. The fraction of sp³-hybridized carbons (Fsp3) is 0.0909. The van der Waals surface area contributed by atoms with Crippen LogP contribution in [0.3, 0.4) is 0 Å². The summed E-state index contributed by atoms with van der Waals surface area (Å²) in [7, 11) is 0. The lowest BCUT2D eigenvalue weighted by Crippen LogP contribution is -2.10. The van der Waals surface area contributed by atoms with Crippen LogP contribution in [0.2, 0.25) is 0 Å². The molecule has 146 valence electrons. The molecule has 4 aromatic rings.